The number of amides is 1. The van der Waals surface area contributed by atoms with Gasteiger partial charge >= 0.3 is 6.09 Å². The number of aryl methyl sites for hydroxylation is 1. The third kappa shape index (κ3) is 6.10. The number of aliphatic imine (C=N–C) groups is 1. The van der Waals surface area contributed by atoms with Crippen LogP contribution in [0.3, 0.4) is 0 Å². The lowest BCUT2D eigenvalue weighted by atomic mass is 9.89. The normalized spacial score (nSPS) is 23.7. The van der Waals surface area contributed by atoms with Gasteiger partial charge < -0.3 is 25.4 Å². The van der Waals surface area contributed by atoms with E-state index in [4.69, 9.17) is 15.2 Å². The molecule has 160 valence electrons. The smallest absolute Gasteiger partial charge is 0.409 e. The summed E-state index contributed by atoms with van der Waals surface area (Å²) in [5.41, 5.74) is 8.63. The molecule has 3 N–H and O–H groups in total. The van der Waals surface area contributed by atoms with Crippen LogP contribution in [0.2, 0.25) is 0 Å². The average molecular weight is 403 g/mol. The molecule has 1 aromatic carbocycles. The summed E-state index contributed by atoms with van der Waals surface area (Å²) in [5.74, 6) is 0.810. The minimum Gasteiger partial charge on any atom is -0.450 e. The highest BCUT2D eigenvalue weighted by Gasteiger charge is 2.28. The van der Waals surface area contributed by atoms with Crippen LogP contribution in [0.4, 0.5) is 4.79 Å². The fourth-order valence-electron chi connectivity index (χ4n) is 4.05. The summed E-state index contributed by atoms with van der Waals surface area (Å²) in [4.78, 5) is 18.2. The lowest BCUT2D eigenvalue weighted by Crippen LogP contribution is -2.48. The first-order valence-electron chi connectivity index (χ1n) is 10.7. The van der Waals surface area contributed by atoms with E-state index in [1.54, 1.807) is 4.90 Å². The summed E-state index contributed by atoms with van der Waals surface area (Å²) >= 11 is 0. The number of hydrogen-bond donors (Lipinski definition) is 2. The fourth-order valence-corrected chi connectivity index (χ4v) is 4.05. The van der Waals surface area contributed by atoms with E-state index in [2.05, 4.69) is 41.5 Å². The molecule has 2 aliphatic heterocycles. The van der Waals surface area contributed by atoms with Gasteiger partial charge in [-0.2, -0.15) is 0 Å². The number of ether oxygens (including phenoxy) is 2. The van der Waals surface area contributed by atoms with Crippen molar-refractivity contribution in [3.63, 3.8) is 0 Å². The van der Waals surface area contributed by atoms with Crippen molar-refractivity contribution in [2.24, 2.45) is 16.6 Å². The summed E-state index contributed by atoms with van der Waals surface area (Å²) in [6.07, 6.45) is 3.68. The van der Waals surface area contributed by atoms with Gasteiger partial charge in [-0.15, -0.1) is 0 Å². The van der Waals surface area contributed by atoms with Crippen molar-refractivity contribution in [1.29, 1.82) is 0 Å². The molecule has 0 bridgehead atoms. The maximum absolute atomic E-state index is 11.8. The topological polar surface area (TPSA) is 89.2 Å². The lowest BCUT2D eigenvalue weighted by Gasteiger charge is -2.32. The number of carbonyl (C=O) groups is 1. The van der Waals surface area contributed by atoms with E-state index in [0.717, 1.165) is 32.3 Å². The molecule has 7 heteroatoms. The van der Waals surface area contributed by atoms with Crippen molar-refractivity contribution in [1.82, 2.24) is 10.2 Å². The number of benzene rings is 1. The summed E-state index contributed by atoms with van der Waals surface area (Å²) < 4.78 is 11.1. The van der Waals surface area contributed by atoms with Crippen molar-refractivity contribution in [2.75, 3.05) is 32.8 Å². The molecule has 0 spiro atoms. The Bertz CT molecular complexity index is 684. The number of nitrogens with two attached hydrogens (primary N) is 1. The molecule has 1 amide bonds. The van der Waals surface area contributed by atoms with Gasteiger partial charge in [0, 0.05) is 38.2 Å². The first-order valence-corrected chi connectivity index (χ1v) is 10.7. The third-order valence-corrected chi connectivity index (χ3v) is 5.72. The first kappa shape index (κ1) is 21.4. The minimum absolute atomic E-state index is 0.0775. The molecule has 0 radical (unpaired) electrons. The van der Waals surface area contributed by atoms with Crippen LogP contribution < -0.4 is 11.1 Å². The molecular formula is C22H34N4O3. The molecular weight excluding hydrogens is 368 g/mol. The predicted octanol–water partition coefficient (Wildman–Crippen LogP) is 2.99. The maximum atomic E-state index is 11.8. The Morgan fingerprint density at radius 3 is 2.69 bits per heavy atom. The highest BCUT2D eigenvalue weighted by molar-refractivity contribution is 5.78. The van der Waals surface area contributed by atoms with Crippen LogP contribution >= 0.6 is 0 Å². The molecule has 7 nitrogen and oxygen atoms in total. The first-order chi connectivity index (χ1) is 14.1. The number of hydrogen-bond acceptors (Lipinski definition) is 4. The van der Waals surface area contributed by atoms with E-state index < -0.39 is 0 Å². The number of nitrogens with one attached hydrogen (secondary N) is 1. The second-order valence-electron chi connectivity index (χ2n) is 7.93. The zero-order chi connectivity index (χ0) is 20.6. The monoisotopic (exact) mass is 402 g/mol. The second-order valence-corrected chi connectivity index (χ2v) is 7.93. The number of likely N-dealkylation sites (tertiary alicyclic amines) is 1. The number of rotatable bonds is 5. The Kier molecular flexibility index (Phi) is 7.75. The Morgan fingerprint density at radius 1 is 1.28 bits per heavy atom. The summed E-state index contributed by atoms with van der Waals surface area (Å²) in [5, 5.41) is 3.32. The van der Waals surface area contributed by atoms with Crippen LogP contribution in [0.25, 0.3) is 0 Å². The van der Waals surface area contributed by atoms with Crippen LogP contribution in [-0.2, 0) is 9.47 Å². The van der Waals surface area contributed by atoms with E-state index in [9.17, 15) is 4.79 Å². The van der Waals surface area contributed by atoms with E-state index >= 15 is 0 Å². The lowest BCUT2D eigenvalue weighted by molar-refractivity contribution is -0.0250. The third-order valence-electron chi connectivity index (χ3n) is 5.72. The Balaban J connectivity index is 1.49. The van der Waals surface area contributed by atoms with Crippen molar-refractivity contribution < 1.29 is 14.3 Å². The zero-order valence-electron chi connectivity index (χ0n) is 17.6. The fraction of sp³-hybridized carbons (Fsp3) is 0.636. The molecule has 1 aromatic rings. The Hall–Kier alpha value is -2.28. The summed E-state index contributed by atoms with van der Waals surface area (Å²) in [6.45, 7) is 7.13. The molecule has 2 aliphatic rings. The summed E-state index contributed by atoms with van der Waals surface area (Å²) in [7, 11) is 0. The molecule has 2 heterocycles. The predicted molar refractivity (Wildman–Crippen MR) is 114 cm³/mol. The van der Waals surface area contributed by atoms with Crippen LogP contribution in [0.15, 0.2) is 29.3 Å². The molecule has 29 heavy (non-hydrogen) atoms. The SMILES string of the molecule is CCOC(=O)N1CCC(NC(N)=NCC2CCCOC2c2ccc(C)cc2)CC1. The Morgan fingerprint density at radius 2 is 2.00 bits per heavy atom. The quantitative estimate of drug-likeness (QED) is 0.584. The molecule has 0 aliphatic carbocycles. The van der Waals surface area contributed by atoms with Gasteiger partial charge in [0.15, 0.2) is 5.96 Å². The van der Waals surface area contributed by atoms with Crippen LogP contribution in [0.5, 0.6) is 0 Å². The van der Waals surface area contributed by atoms with Crippen LogP contribution in [0.1, 0.15) is 49.8 Å². The van der Waals surface area contributed by atoms with Crippen molar-refractivity contribution in [3.8, 4) is 0 Å². The number of guanidine groups is 1. The van der Waals surface area contributed by atoms with Gasteiger partial charge in [0.1, 0.15) is 0 Å². The summed E-state index contributed by atoms with van der Waals surface area (Å²) in [6, 6.07) is 8.81. The number of piperidine rings is 1. The Labute approximate surface area is 173 Å². The molecule has 2 unspecified atom stereocenters. The van der Waals surface area contributed by atoms with Gasteiger partial charge in [-0.05, 0) is 45.1 Å². The van der Waals surface area contributed by atoms with Gasteiger partial charge in [0.05, 0.1) is 12.7 Å². The van der Waals surface area contributed by atoms with Crippen molar-refractivity contribution >= 4 is 12.1 Å². The van der Waals surface area contributed by atoms with Crippen molar-refractivity contribution in [2.45, 2.75) is 51.7 Å². The highest BCUT2D eigenvalue weighted by atomic mass is 16.6. The largest absolute Gasteiger partial charge is 0.450 e. The van der Waals surface area contributed by atoms with E-state index in [1.165, 1.54) is 11.1 Å². The van der Waals surface area contributed by atoms with Crippen molar-refractivity contribution in [3.05, 3.63) is 35.4 Å². The van der Waals surface area contributed by atoms with Crippen LogP contribution in [0, 0.1) is 12.8 Å². The van der Waals surface area contributed by atoms with Gasteiger partial charge in [-0.25, -0.2) is 4.79 Å². The average Bonchev–Trinajstić information content (AvgIpc) is 2.74. The maximum Gasteiger partial charge on any atom is 0.409 e. The minimum atomic E-state index is -0.230. The molecule has 3 rings (SSSR count). The highest BCUT2D eigenvalue weighted by Crippen LogP contribution is 2.33. The van der Waals surface area contributed by atoms with Gasteiger partial charge in [0.25, 0.3) is 0 Å². The van der Waals surface area contributed by atoms with E-state index in [-0.39, 0.29) is 18.2 Å². The number of carbonyl (C=O) groups excluding carboxylic acids is 1. The molecule has 0 aromatic heterocycles. The standard InChI is InChI=1S/C22H34N4O3/c1-3-28-22(27)26-12-10-19(11-13-26)25-21(23)24-15-18-5-4-14-29-20(18)17-8-6-16(2)7-9-17/h6-9,18-20H,3-5,10-15H2,1-2H3,(H3,23,24,25). The van der Waals surface area contributed by atoms with Gasteiger partial charge in [0.2, 0.25) is 0 Å². The van der Waals surface area contributed by atoms with Crippen LogP contribution in [-0.4, -0.2) is 55.8 Å². The van der Waals surface area contributed by atoms with Gasteiger partial charge in [-0.3, -0.25) is 4.99 Å². The van der Waals surface area contributed by atoms with E-state index in [0.29, 0.717) is 38.1 Å². The van der Waals surface area contributed by atoms with E-state index in [1.807, 2.05) is 6.92 Å². The zero-order valence-corrected chi connectivity index (χ0v) is 17.6. The van der Waals surface area contributed by atoms with Gasteiger partial charge in [-0.1, -0.05) is 29.8 Å². The molecule has 2 saturated heterocycles. The molecule has 2 fully saturated rings. The molecule has 2 atom stereocenters. The molecule has 0 saturated carbocycles. The number of nitrogens with zero attached hydrogens (tertiary/aromatic N) is 2. The second kappa shape index (κ2) is 10.5.